The lowest BCUT2D eigenvalue weighted by Gasteiger charge is -2.06. The summed E-state index contributed by atoms with van der Waals surface area (Å²) in [6.07, 6.45) is 1.44. The molecule has 2 aromatic carbocycles. The van der Waals surface area contributed by atoms with Crippen molar-refractivity contribution in [3.05, 3.63) is 77.1 Å². The number of carbonyl (C=O) groups is 4. The first-order chi connectivity index (χ1) is 14.9. The first-order valence-electron chi connectivity index (χ1n) is 9.30. The van der Waals surface area contributed by atoms with E-state index < -0.39 is 30.3 Å². The van der Waals surface area contributed by atoms with Gasteiger partial charge in [-0.3, -0.25) is 19.3 Å². The Kier molecular flexibility index (Phi) is 5.27. The minimum absolute atomic E-state index is 0.0200. The van der Waals surface area contributed by atoms with E-state index >= 15 is 0 Å². The molecular formula is C21H17N5O5. The number of rotatable bonds is 6. The third kappa shape index (κ3) is 4.17. The summed E-state index contributed by atoms with van der Waals surface area (Å²) in [6.45, 7) is -0.107. The summed E-state index contributed by atoms with van der Waals surface area (Å²) in [5.41, 5.74) is 1.76. The van der Waals surface area contributed by atoms with E-state index in [2.05, 4.69) is 15.6 Å². The first kappa shape index (κ1) is 20.0. The Morgan fingerprint density at radius 2 is 1.77 bits per heavy atom. The fraction of sp³-hybridized carbons (Fsp3) is 0.143. The summed E-state index contributed by atoms with van der Waals surface area (Å²) in [5.74, 6) is -2.23. The Bertz CT molecular complexity index is 1190. The van der Waals surface area contributed by atoms with Crippen LogP contribution in [0, 0.1) is 0 Å². The van der Waals surface area contributed by atoms with Crippen LogP contribution in [-0.2, 0) is 16.1 Å². The number of nitrogens with zero attached hydrogens (tertiary/aromatic N) is 4. The molecule has 0 bridgehead atoms. The van der Waals surface area contributed by atoms with Gasteiger partial charge in [0.25, 0.3) is 17.7 Å². The van der Waals surface area contributed by atoms with Crippen molar-refractivity contribution >= 4 is 29.4 Å². The van der Waals surface area contributed by atoms with E-state index in [1.54, 1.807) is 0 Å². The van der Waals surface area contributed by atoms with Gasteiger partial charge in [-0.25, -0.2) is 9.48 Å². The number of imide groups is 1. The molecule has 0 atom stereocenters. The molecule has 0 aliphatic carbocycles. The topological polar surface area (TPSA) is 123 Å². The lowest BCUT2D eigenvalue weighted by molar-refractivity contribution is -0.119. The number of anilines is 1. The van der Waals surface area contributed by atoms with E-state index in [-0.39, 0.29) is 16.8 Å². The minimum atomic E-state index is -0.786. The molecule has 3 aromatic rings. The number of aromatic nitrogens is 3. The molecule has 10 heteroatoms. The first-order valence-corrected chi connectivity index (χ1v) is 9.30. The number of amides is 3. The van der Waals surface area contributed by atoms with E-state index in [0.29, 0.717) is 12.2 Å². The summed E-state index contributed by atoms with van der Waals surface area (Å²) in [5, 5.41) is 10.2. The van der Waals surface area contributed by atoms with Gasteiger partial charge in [0.15, 0.2) is 12.3 Å². The minimum Gasteiger partial charge on any atom is -0.451 e. The highest BCUT2D eigenvalue weighted by Gasteiger charge is 2.32. The van der Waals surface area contributed by atoms with Crippen LogP contribution in [0.15, 0.2) is 54.7 Å². The van der Waals surface area contributed by atoms with E-state index in [0.717, 1.165) is 10.5 Å². The molecule has 4 rings (SSSR count). The fourth-order valence-electron chi connectivity index (χ4n) is 3.08. The molecule has 1 aromatic heterocycles. The van der Waals surface area contributed by atoms with Crippen LogP contribution in [-0.4, -0.2) is 57.2 Å². The Morgan fingerprint density at radius 1 is 1.03 bits per heavy atom. The Morgan fingerprint density at radius 3 is 2.55 bits per heavy atom. The average molecular weight is 419 g/mol. The summed E-state index contributed by atoms with van der Waals surface area (Å²) in [6, 6.07) is 13.9. The molecule has 2 heterocycles. The van der Waals surface area contributed by atoms with Crippen molar-refractivity contribution in [3.8, 4) is 0 Å². The van der Waals surface area contributed by atoms with Crippen LogP contribution in [0.1, 0.15) is 36.8 Å². The second kappa shape index (κ2) is 8.19. The molecule has 1 N–H and O–H groups in total. The summed E-state index contributed by atoms with van der Waals surface area (Å²) < 4.78 is 6.47. The van der Waals surface area contributed by atoms with Gasteiger partial charge < -0.3 is 10.1 Å². The van der Waals surface area contributed by atoms with Gasteiger partial charge in [0, 0.05) is 12.7 Å². The van der Waals surface area contributed by atoms with Gasteiger partial charge >= 0.3 is 5.97 Å². The number of carbonyl (C=O) groups excluding carboxylic acids is 4. The smallest absolute Gasteiger partial charge is 0.361 e. The second-order valence-corrected chi connectivity index (χ2v) is 6.84. The van der Waals surface area contributed by atoms with Gasteiger partial charge in [0.2, 0.25) is 0 Å². The molecule has 3 amide bonds. The van der Waals surface area contributed by atoms with Gasteiger partial charge in [-0.1, -0.05) is 35.5 Å². The fourth-order valence-corrected chi connectivity index (χ4v) is 3.08. The number of ether oxygens (including phenoxy) is 1. The molecule has 10 nitrogen and oxygen atoms in total. The summed E-state index contributed by atoms with van der Waals surface area (Å²) in [4.78, 5) is 49.2. The zero-order valence-electron chi connectivity index (χ0n) is 16.4. The molecular weight excluding hydrogens is 402 g/mol. The Labute approximate surface area is 176 Å². The molecule has 0 spiro atoms. The van der Waals surface area contributed by atoms with Gasteiger partial charge in [-0.2, -0.15) is 0 Å². The van der Waals surface area contributed by atoms with E-state index in [4.69, 9.17) is 4.74 Å². The van der Waals surface area contributed by atoms with Crippen LogP contribution in [0.5, 0.6) is 0 Å². The maximum atomic E-state index is 12.1. The van der Waals surface area contributed by atoms with Gasteiger partial charge in [0.1, 0.15) is 0 Å². The zero-order chi connectivity index (χ0) is 22.0. The number of hydrogen-bond donors (Lipinski definition) is 1. The normalized spacial score (nSPS) is 12.6. The standard InChI is InChI=1S/C21H17N5O5/c1-25-19(28)15-8-7-14(9-16(15)20(25)29)22-18(27)12-31-21(30)17-11-26(24-23-17)10-13-5-3-2-4-6-13/h2-9,11H,10,12H2,1H3,(H,22,27). The van der Waals surface area contributed by atoms with Crippen LogP contribution >= 0.6 is 0 Å². The molecule has 0 saturated heterocycles. The van der Waals surface area contributed by atoms with Crippen LogP contribution in [0.3, 0.4) is 0 Å². The van der Waals surface area contributed by atoms with E-state index in [1.165, 1.54) is 36.1 Å². The largest absolute Gasteiger partial charge is 0.451 e. The molecule has 1 aliphatic rings. The van der Waals surface area contributed by atoms with Crippen molar-refractivity contribution in [2.45, 2.75) is 6.54 Å². The maximum absolute atomic E-state index is 12.1. The van der Waals surface area contributed by atoms with Crippen LogP contribution < -0.4 is 5.32 Å². The molecule has 0 radical (unpaired) electrons. The lowest BCUT2D eigenvalue weighted by Crippen LogP contribution is -2.24. The molecule has 31 heavy (non-hydrogen) atoms. The monoisotopic (exact) mass is 419 g/mol. The van der Waals surface area contributed by atoms with Crippen molar-refractivity contribution in [2.75, 3.05) is 19.0 Å². The average Bonchev–Trinajstić information content (AvgIpc) is 3.32. The van der Waals surface area contributed by atoms with Crippen LogP contribution in [0.4, 0.5) is 5.69 Å². The Balaban J connectivity index is 1.32. The molecule has 0 saturated carbocycles. The van der Waals surface area contributed by atoms with Gasteiger partial charge in [-0.15, -0.1) is 5.10 Å². The number of fused-ring (bicyclic) bond motifs is 1. The predicted octanol–water partition coefficient (Wildman–Crippen LogP) is 1.35. The van der Waals surface area contributed by atoms with Crippen molar-refractivity contribution in [3.63, 3.8) is 0 Å². The quantitative estimate of drug-likeness (QED) is 0.472. The SMILES string of the molecule is CN1C(=O)c2ccc(NC(=O)COC(=O)c3cn(Cc4ccccc4)nn3)cc2C1=O. The van der Waals surface area contributed by atoms with Gasteiger partial charge in [-0.05, 0) is 23.8 Å². The zero-order valence-corrected chi connectivity index (χ0v) is 16.4. The molecule has 0 fully saturated rings. The highest BCUT2D eigenvalue weighted by atomic mass is 16.5. The molecule has 1 aliphatic heterocycles. The summed E-state index contributed by atoms with van der Waals surface area (Å²) >= 11 is 0. The number of nitrogens with one attached hydrogen (secondary N) is 1. The van der Waals surface area contributed by atoms with Crippen LogP contribution in [0.2, 0.25) is 0 Å². The highest BCUT2D eigenvalue weighted by molar-refractivity contribution is 6.21. The van der Waals surface area contributed by atoms with Gasteiger partial charge in [0.05, 0.1) is 23.9 Å². The van der Waals surface area contributed by atoms with Crippen LogP contribution in [0.25, 0.3) is 0 Å². The molecule has 0 unspecified atom stereocenters. The van der Waals surface area contributed by atoms with Crippen molar-refractivity contribution in [2.24, 2.45) is 0 Å². The molecule has 156 valence electrons. The van der Waals surface area contributed by atoms with Crippen molar-refractivity contribution < 1.29 is 23.9 Å². The second-order valence-electron chi connectivity index (χ2n) is 6.84. The third-order valence-corrected chi connectivity index (χ3v) is 4.64. The Hall–Kier alpha value is -4.34. The van der Waals surface area contributed by atoms with Crippen molar-refractivity contribution in [1.29, 1.82) is 0 Å². The summed E-state index contributed by atoms with van der Waals surface area (Å²) in [7, 11) is 1.39. The highest BCUT2D eigenvalue weighted by Crippen LogP contribution is 2.24. The third-order valence-electron chi connectivity index (χ3n) is 4.64. The van der Waals surface area contributed by atoms with E-state index in [9.17, 15) is 19.2 Å². The predicted molar refractivity (Wildman–Crippen MR) is 107 cm³/mol. The van der Waals surface area contributed by atoms with E-state index in [1.807, 2.05) is 30.3 Å². The number of hydrogen-bond acceptors (Lipinski definition) is 7. The van der Waals surface area contributed by atoms with Crippen molar-refractivity contribution in [1.82, 2.24) is 19.9 Å². The number of esters is 1. The maximum Gasteiger partial charge on any atom is 0.361 e. The number of benzene rings is 2. The lowest BCUT2D eigenvalue weighted by atomic mass is 10.1.